The second kappa shape index (κ2) is 9.56. The van der Waals surface area contributed by atoms with Gasteiger partial charge in [-0.3, -0.25) is 10.1 Å². The van der Waals surface area contributed by atoms with Crippen molar-refractivity contribution in [1.82, 2.24) is 35.0 Å². The number of fused-ring (bicyclic) bond motifs is 2. The number of hydrogen-bond donors (Lipinski definition) is 4. The molecule has 190 valence electrons. The molecule has 0 unspecified atom stereocenters. The molecule has 0 spiro atoms. The minimum Gasteiger partial charge on any atom is -0.397 e. The van der Waals surface area contributed by atoms with Crippen molar-refractivity contribution in [1.29, 1.82) is 0 Å². The first-order chi connectivity index (χ1) is 18.4. The van der Waals surface area contributed by atoms with E-state index in [9.17, 15) is 4.39 Å². The van der Waals surface area contributed by atoms with Gasteiger partial charge in [0.05, 0.1) is 27.9 Å². The normalized spacial score (nSPS) is 11.6. The number of hydrogen-bond acceptors (Lipinski definition) is 7. The Morgan fingerprint density at radius 2 is 1.84 bits per heavy atom. The van der Waals surface area contributed by atoms with E-state index in [2.05, 4.69) is 30.4 Å². The number of rotatable bonds is 7. The first-order valence-electron chi connectivity index (χ1n) is 12.2. The Hall–Kier alpha value is -4.83. The van der Waals surface area contributed by atoms with Crippen molar-refractivity contribution in [2.24, 2.45) is 0 Å². The second-order valence-electron chi connectivity index (χ2n) is 9.42. The largest absolute Gasteiger partial charge is 0.397 e. The van der Waals surface area contributed by atoms with Crippen molar-refractivity contribution in [3.63, 3.8) is 0 Å². The maximum atomic E-state index is 14.6. The molecule has 0 aliphatic carbocycles. The van der Waals surface area contributed by atoms with Crippen LogP contribution in [0.4, 0.5) is 15.8 Å². The Balaban J connectivity index is 1.40. The van der Waals surface area contributed by atoms with E-state index < -0.39 is 0 Å². The lowest BCUT2D eigenvalue weighted by Gasteiger charge is -2.13. The number of aromatic amines is 2. The van der Waals surface area contributed by atoms with Crippen LogP contribution >= 0.6 is 0 Å². The summed E-state index contributed by atoms with van der Waals surface area (Å²) in [6.07, 6.45) is 3.32. The van der Waals surface area contributed by atoms with Gasteiger partial charge >= 0.3 is 0 Å². The molecule has 0 radical (unpaired) electrons. The molecule has 38 heavy (non-hydrogen) atoms. The molecule has 6 aromatic rings. The van der Waals surface area contributed by atoms with E-state index in [1.165, 1.54) is 12.1 Å². The number of para-hydroxylation sites is 1. The number of imidazole rings is 1. The van der Waals surface area contributed by atoms with Crippen LogP contribution in [0, 0.1) is 5.82 Å². The molecule has 0 atom stereocenters. The van der Waals surface area contributed by atoms with E-state index in [1.54, 1.807) is 12.4 Å². The van der Waals surface area contributed by atoms with Crippen LogP contribution in [0.1, 0.15) is 0 Å². The zero-order chi connectivity index (χ0) is 26.2. The van der Waals surface area contributed by atoms with Gasteiger partial charge in [-0.15, -0.1) is 0 Å². The van der Waals surface area contributed by atoms with Crippen LogP contribution in [0.3, 0.4) is 0 Å². The molecule has 4 aromatic heterocycles. The van der Waals surface area contributed by atoms with Crippen LogP contribution in [0.5, 0.6) is 0 Å². The third-order valence-corrected chi connectivity index (χ3v) is 6.30. The third kappa shape index (κ3) is 4.53. The van der Waals surface area contributed by atoms with Gasteiger partial charge in [0.1, 0.15) is 11.3 Å². The molecule has 5 N–H and O–H groups in total. The van der Waals surface area contributed by atoms with Crippen molar-refractivity contribution < 1.29 is 4.39 Å². The average molecular weight is 508 g/mol. The molecule has 0 aliphatic heterocycles. The molecule has 9 nitrogen and oxygen atoms in total. The number of aromatic nitrogens is 6. The van der Waals surface area contributed by atoms with E-state index in [4.69, 9.17) is 15.7 Å². The van der Waals surface area contributed by atoms with Gasteiger partial charge < -0.3 is 20.9 Å². The summed E-state index contributed by atoms with van der Waals surface area (Å²) in [5.74, 6) is 0.253. The molecule has 2 aromatic carbocycles. The fourth-order valence-electron chi connectivity index (χ4n) is 4.47. The lowest BCUT2D eigenvalue weighted by molar-refractivity contribution is 0.425. The fourth-order valence-corrected chi connectivity index (χ4v) is 4.47. The number of likely N-dealkylation sites (N-methyl/N-ethyl adjacent to an activating group) is 1. The number of pyridine rings is 2. The van der Waals surface area contributed by atoms with E-state index in [0.717, 1.165) is 51.2 Å². The SMILES string of the molecule is CN(C)CCNc1cc(F)cc(-c2cccc3[nH]c(-c4n[nH]c5ccc(-c6cncc(N)c6)nc45)nc23)c1. The maximum Gasteiger partial charge on any atom is 0.161 e. The maximum absolute atomic E-state index is 14.6. The first kappa shape index (κ1) is 23.6. The number of anilines is 2. The second-order valence-corrected chi connectivity index (χ2v) is 9.42. The van der Waals surface area contributed by atoms with Crippen molar-refractivity contribution in [3.05, 3.63) is 72.8 Å². The average Bonchev–Trinajstić information content (AvgIpc) is 3.51. The molecule has 0 saturated carbocycles. The topological polar surface area (TPSA) is 124 Å². The van der Waals surface area contributed by atoms with Gasteiger partial charge in [0.15, 0.2) is 11.5 Å². The summed E-state index contributed by atoms with van der Waals surface area (Å²) < 4.78 is 14.6. The summed E-state index contributed by atoms with van der Waals surface area (Å²) in [6.45, 7) is 1.55. The minimum absolute atomic E-state index is 0.311. The van der Waals surface area contributed by atoms with Gasteiger partial charge in [-0.1, -0.05) is 12.1 Å². The zero-order valence-electron chi connectivity index (χ0n) is 21.0. The highest BCUT2D eigenvalue weighted by atomic mass is 19.1. The monoisotopic (exact) mass is 507 g/mol. The lowest BCUT2D eigenvalue weighted by Crippen LogP contribution is -2.20. The fraction of sp³-hybridized carbons (Fsp3) is 0.143. The van der Waals surface area contributed by atoms with Crippen molar-refractivity contribution in [3.8, 4) is 33.9 Å². The van der Waals surface area contributed by atoms with Crippen LogP contribution in [0.15, 0.2) is 67.0 Å². The summed E-state index contributed by atoms with van der Waals surface area (Å²) in [4.78, 5) is 19.3. The Morgan fingerprint density at radius 3 is 2.68 bits per heavy atom. The van der Waals surface area contributed by atoms with E-state index >= 15 is 0 Å². The van der Waals surface area contributed by atoms with E-state index in [1.807, 2.05) is 56.6 Å². The van der Waals surface area contributed by atoms with E-state index in [-0.39, 0.29) is 5.82 Å². The third-order valence-electron chi connectivity index (χ3n) is 6.30. The number of nitrogen functional groups attached to an aromatic ring is 1. The summed E-state index contributed by atoms with van der Waals surface area (Å²) in [5, 5.41) is 10.8. The smallest absolute Gasteiger partial charge is 0.161 e. The zero-order valence-corrected chi connectivity index (χ0v) is 21.0. The molecule has 6 rings (SSSR count). The molecule has 0 aliphatic rings. The van der Waals surface area contributed by atoms with Crippen LogP contribution in [-0.2, 0) is 0 Å². The standard InChI is InChI=1S/C28H26FN9/c1-38(2)9-8-32-20-12-16(10-18(29)13-20)21-4-3-5-23-25(21)35-28(34-23)27-26-24(36-37-27)7-6-22(33-26)17-11-19(30)15-31-14-17/h3-7,10-15,32H,8-9,30H2,1-2H3,(H,34,35)(H,36,37). The van der Waals surface area contributed by atoms with Gasteiger partial charge in [0.2, 0.25) is 0 Å². The van der Waals surface area contributed by atoms with Crippen molar-refractivity contribution in [2.45, 2.75) is 0 Å². The van der Waals surface area contributed by atoms with Crippen LogP contribution in [0.25, 0.3) is 56.0 Å². The number of nitrogens with zero attached hydrogens (tertiary/aromatic N) is 5. The highest BCUT2D eigenvalue weighted by Crippen LogP contribution is 2.33. The first-order valence-corrected chi connectivity index (χ1v) is 12.2. The number of halogens is 1. The lowest BCUT2D eigenvalue weighted by atomic mass is 10.0. The van der Waals surface area contributed by atoms with Crippen LogP contribution in [-0.4, -0.2) is 62.2 Å². The molecule has 10 heteroatoms. The molecule has 0 saturated heterocycles. The predicted octanol–water partition coefficient (Wildman–Crippen LogP) is 4.93. The number of nitrogens with two attached hydrogens (primary N) is 1. The molecular weight excluding hydrogens is 481 g/mol. The molecular formula is C28H26FN9. The molecule has 0 bridgehead atoms. The van der Waals surface area contributed by atoms with Gasteiger partial charge in [-0.05, 0) is 62.1 Å². The summed E-state index contributed by atoms with van der Waals surface area (Å²) in [6, 6.07) is 16.4. The van der Waals surface area contributed by atoms with Gasteiger partial charge in [-0.25, -0.2) is 14.4 Å². The molecule has 0 amide bonds. The quantitative estimate of drug-likeness (QED) is 0.242. The molecule has 4 heterocycles. The van der Waals surface area contributed by atoms with Gasteiger partial charge in [0, 0.05) is 42.3 Å². The highest BCUT2D eigenvalue weighted by molar-refractivity contribution is 5.96. The van der Waals surface area contributed by atoms with Crippen molar-refractivity contribution >= 4 is 33.4 Å². The highest BCUT2D eigenvalue weighted by Gasteiger charge is 2.17. The van der Waals surface area contributed by atoms with Crippen LogP contribution in [0.2, 0.25) is 0 Å². The number of H-pyrrole nitrogens is 2. The van der Waals surface area contributed by atoms with Crippen molar-refractivity contribution in [2.75, 3.05) is 38.2 Å². The summed E-state index contributed by atoms with van der Waals surface area (Å²) in [7, 11) is 4.00. The van der Waals surface area contributed by atoms with Gasteiger partial charge in [0.25, 0.3) is 0 Å². The Morgan fingerprint density at radius 1 is 0.947 bits per heavy atom. The van der Waals surface area contributed by atoms with Crippen LogP contribution < -0.4 is 11.1 Å². The number of nitrogens with one attached hydrogen (secondary N) is 3. The predicted molar refractivity (Wildman–Crippen MR) is 149 cm³/mol. The summed E-state index contributed by atoms with van der Waals surface area (Å²) >= 11 is 0. The Labute approximate surface area is 218 Å². The Bertz CT molecular complexity index is 1770. The van der Waals surface area contributed by atoms with E-state index in [0.29, 0.717) is 29.3 Å². The molecule has 0 fully saturated rings. The number of benzene rings is 2. The summed E-state index contributed by atoms with van der Waals surface area (Å²) in [5.41, 5.74) is 13.9. The minimum atomic E-state index is -0.311. The van der Waals surface area contributed by atoms with Gasteiger partial charge in [-0.2, -0.15) is 5.10 Å². The Kier molecular flexibility index (Phi) is 5.93.